The minimum atomic E-state index is -0.733. The van der Waals surface area contributed by atoms with Crippen molar-refractivity contribution in [3.63, 3.8) is 0 Å². The summed E-state index contributed by atoms with van der Waals surface area (Å²) >= 11 is 12.9. The van der Waals surface area contributed by atoms with Crippen LogP contribution in [0.4, 0.5) is 0 Å². The molecule has 0 aromatic heterocycles. The number of rotatable bonds is 6. The maximum absolute atomic E-state index is 12.3. The Hall–Kier alpha value is -0.910. The van der Waals surface area contributed by atoms with Gasteiger partial charge in [0.15, 0.2) is 18.5 Å². The standard InChI is InChI=1S/C18H22O6S4/c1-10-5-7-11(8-6-10)15(19)21-9-12-13(23-17(25)27-3)14(16(20-2)22-12)24-18(26)28-4/h5-8,12-14,16H,9H2,1-4H3/t12-,13-,14-,16-/m1/s1. The fourth-order valence-electron chi connectivity index (χ4n) is 2.53. The summed E-state index contributed by atoms with van der Waals surface area (Å²) < 4.78 is 28.9. The molecule has 1 aromatic carbocycles. The van der Waals surface area contributed by atoms with Gasteiger partial charge in [0.05, 0.1) is 5.56 Å². The van der Waals surface area contributed by atoms with Gasteiger partial charge in [0, 0.05) is 7.11 Å². The van der Waals surface area contributed by atoms with Crippen LogP contribution in [-0.4, -0.2) is 65.6 Å². The third-order valence-electron chi connectivity index (χ3n) is 3.96. The zero-order chi connectivity index (χ0) is 20.7. The monoisotopic (exact) mass is 462 g/mol. The first-order valence-corrected chi connectivity index (χ1v) is 11.6. The summed E-state index contributed by atoms with van der Waals surface area (Å²) in [6.45, 7) is 1.90. The average molecular weight is 463 g/mol. The maximum atomic E-state index is 12.3. The zero-order valence-electron chi connectivity index (χ0n) is 15.9. The lowest BCUT2D eigenvalue weighted by atomic mass is 10.1. The molecule has 0 saturated carbocycles. The summed E-state index contributed by atoms with van der Waals surface area (Å²) in [6.07, 6.45) is 0.977. The summed E-state index contributed by atoms with van der Waals surface area (Å²) in [4.78, 5) is 12.3. The number of thiocarbonyl (C=S) groups is 2. The minimum absolute atomic E-state index is 0.0415. The molecule has 0 bridgehead atoms. The summed E-state index contributed by atoms with van der Waals surface area (Å²) in [6, 6.07) is 7.12. The van der Waals surface area contributed by atoms with E-state index in [0.717, 1.165) is 5.56 Å². The Balaban J connectivity index is 2.10. The number of benzene rings is 1. The SMILES string of the molecule is CO[C@@H]1O[C@H](COC(=O)c2ccc(C)cc2)[C@@H](OC(=S)SC)[C@H]1OC(=S)SC. The van der Waals surface area contributed by atoms with Crippen molar-refractivity contribution in [2.45, 2.75) is 31.5 Å². The minimum Gasteiger partial charge on any atom is -0.468 e. The van der Waals surface area contributed by atoms with Crippen LogP contribution >= 0.6 is 48.0 Å². The Kier molecular flexibility index (Phi) is 9.45. The number of aryl methyl sites for hydroxylation is 1. The van der Waals surface area contributed by atoms with Crippen molar-refractivity contribution in [1.82, 2.24) is 0 Å². The fourth-order valence-corrected chi connectivity index (χ4v) is 3.17. The van der Waals surface area contributed by atoms with Gasteiger partial charge in [0.2, 0.25) is 8.77 Å². The van der Waals surface area contributed by atoms with Gasteiger partial charge in [0.1, 0.15) is 12.7 Å². The average Bonchev–Trinajstić information content (AvgIpc) is 3.02. The van der Waals surface area contributed by atoms with Crippen molar-refractivity contribution in [2.75, 3.05) is 26.2 Å². The van der Waals surface area contributed by atoms with Crippen molar-refractivity contribution in [2.24, 2.45) is 0 Å². The van der Waals surface area contributed by atoms with E-state index in [1.165, 1.54) is 30.6 Å². The van der Waals surface area contributed by atoms with E-state index < -0.39 is 30.6 Å². The molecule has 1 aliphatic heterocycles. The molecule has 6 nitrogen and oxygen atoms in total. The van der Waals surface area contributed by atoms with E-state index in [1.54, 1.807) is 18.4 Å². The van der Waals surface area contributed by atoms with Gasteiger partial charge in [0.25, 0.3) is 0 Å². The number of esters is 1. The van der Waals surface area contributed by atoms with Crippen LogP contribution in [0.15, 0.2) is 24.3 Å². The van der Waals surface area contributed by atoms with Crippen molar-refractivity contribution >= 4 is 62.7 Å². The summed E-state index contributed by atoms with van der Waals surface area (Å²) in [5.41, 5.74) is 1.52. The quantitative estimate of drug-likeness (QED) is 0.463. The lowest BCUT2D eigenvalue weighted by Crippen LogP contribution is -2.41. The Morgan fingerprint density at radius 3 is 2.18 bits per heavy atom. The molecular formula is C18H22O6S4. The summed E-state index contributed by atoms with van der Waals surface area (Å²) in [7, 11) is 1.49. The molecule has 1 fully saturated rings. The second-order valence-electron chi connectivity index (χ2n) is 5.82. The molecule has 0 unspecified atom stereocenters. The van der Waals surface area contributed by atoms with E-state index >= 15 is 0 Å². The van der Waals surface area contributed by atoms with E-state index in [-0.39, 0.29) is 6.61 Å². The van der Waals surface area contributed by atoms with Crippen LogP contribution in [0.5, 0.6) is 0 Å². The Morgan fingerprint density at radius 1 is 1.07 bits per heavy atom. The van der Waals surface area contributed by atoms with E-state index in [1.807, 2.05) is 25.3 Å². The van der Waals surface area contributed by atoms with Crippen molar-refractivity contribution in [1.29, 1.82) is 0 Å². The van der Waals surface area contributed by atoms with Crippen LogP contribution < -0.4 is 0 Å². The van der Waals surface area contributed by atoms with Crippen molar-refractivity contribution in [3.8, 4) is 0 Å². The molecular weight excluding hydrogens is 440 g/mol. The van der Waals surface area contributed by atoms with Gasteiger partial charge in [-0.25, -0.2) is 4.79 Å². The van der Waals surface area contributed by atoms with Crippen molar-refractivity contribution in [3.05, 3.63) is 35.4 Å². The lowest BCUT2D eigenvalue weighted by Gasteiger charge is -2.24. The van der Waals surface area contributed by atoms with Gasteiger partial charge in [-0.15, -0.1) is 0 Å². The molecule has 0 spiro atoms. The van der Waals surface area contributed by atoms with Crippen LogP contribution in [0.1, 0.15) is 15.9 Å². The second kappa shape index (κ2) is 11.3. The molecule has 1 saturated heterocycles. The number of methoxy groups -OCH3 is 1. The smallest absolute Gasteiger partial charge is 0.338 e. The third-order valence-corrected chi connectivity index (χ3v) is 6.02. The first kappa shape index (κ1) is 23.4. The molecule has 2 rings (SSSR count). The zero-order valence-corrected chi connectivity index (χ0v) is 19.2. The molecule has 1 aliphatic rings. The van der Waals surface area contributed by atoms with Crippen LogP contribution in [0, 0.1) is 6.92 Å². The predicted molar refractivity (Wildman–Crippen MR) is 119 cm³/mol. The normalized spacial score (nSPS) is 23.9. The Bertz CT molecular complexity index is 696. The third kappa shape index (κ3) is 6.30. The largest absolute Gasteiger partial charge is 0.468 e. The number of thioether (sulfide) groups is 2. The molecule has 154 valence electrons. The molecule has 10 heteroatoms. The Morgan fingerprint density at radius 2 is 1.64 bits per heavy atom. The second-order valence-corrected chi connectivity index (χ2v) is 8.63. The fraction of sp³-hybridized carbons (Fsp3) is 0.500. The van der Waals surface area contributed by atoms with Crippen molar-refractivity contribution < 1.29 is 28.5 Å². The predicted octanol–water partition coefficient (Wildman–Crippen LogP) is 3.59. The van der Waals surface area contributed by atoms with E-state index in [2.05, 4.69) is 0 Å². The van der Waals surface area contributed by atoms with Gasteiger partial charge in [-0.3, -0.25) is 0 Å². The number of ether oxygens (including phenoxy) is 5. The maximum Gasteiger partial charge on any atom is 0.338 e. The highest BCUT2D eigenvalue weighted by Crippen LogP contribution is 2.30. The van der Waals surface area contributed by atoms with Crippen LogP contribution in [-0.2, 0) is 23.7 Å². The molecule has 4 atom stereocenters. The van der Waals surface area contributed by atoms with Crippen LogP contribution in [0.2, 0.25) is 0 Å². The summed E-state index contributed by atoms with van der Waals surface area (Å²) in [5.74, 6) is -0.451. The number of hydrogen-bond acceptors (Lipinski definition) is 10. The van der Waals surface area contributed by atoms with E-state index in [9.17, 15) is 4.79 Å². The molecule has 0 aliphatic carbocycles. The van der Waals surface area contributed by atoms with Gasteiger partial charge < -0.3 is 23.7 Å². The summed E-state index contributed by atoms with van der Waals surface area (Å²) in [5, 5.41) is 0. The van der Waals surface area contributed by atoms with Gasteiger partial charge in [-0.2, -0.15) is 0 Å². The first-order chi connectivity index (χ1) is 13.4. The van der Waals surface area contributed by atoms with Gasteiger partial charge in [-0.05, 0) is 56.0 Å². The highest BCUT2D eigenvalue weighted by atomic mass is 32.2. The molecule has 1 heterocycles. The molecule has 0 radical (unpaired) electrons. The van der Waals surface area contributed by atoms with E-state index in [4.69, 9.17) is 48.1 Å². The number of hydrogen-bond donors (Lipinski definition) is 0. The number of carbonyl (C=O) groups excluding carboxylic acids is 1. The van der Waals surface area contributed by atoms with Crippen LogP contribution in [0.25, 0.3) is 0 Å². The number of carbonyl (C=O) groups is 1. The van der Waals surface area contributed by atoms with Gasteiger partial charge in [-0.1, -0.05) is 41.2 Å². The highest BCUT2D eigenvalue weighted by molar-refractivity contribution is 8.22. The molecule has 0 N–H and O–H groups in total. The first-order valence-electron chi connectivity index (χ1n) is 8.30. The van der Waals surface area contributed by atoms with Gasteiger partial charge >= 0.3 is 5.97 Å². The molecule has 28 heavy (non-hydrogen) atoms. The molecule has 1 aromatic rings. The topological polar surface area (TPSA) is 63.2 Å². The van der Waals surface area contributed by atoms with E-state index in [0.29, 0.717) is 14.3 Å². The Labute approximate surface area is 183 Å². The van der Waals surface area contributed by atoms with Crippen LogP contribution in [0.3, 0.4) is 0 Å². The molecule has 0 amide bonds. The highest BCUT2D eigenvalue weighted by Gasteiger charge is 2.49. The lowest BCUT2D eigenvalue weighted by molar-refractivity contribution is -0.150.